The van der Waals surface area contributed by atoms with Gasteiger partial charge >= 0.3 is 0 Å². The molecule has 0 radical (unpaired) electrons. The molecule has 5 N–H and O–H groups in total. The molecule has 1 aliphatic carbocycles. The van der Waals surface area contributed by atoms with Crippen LogP contribution in [0, 0.1) is 5.41 Å². The third-order valence-electron chi connectivity index (χ3n) is 3.18. The fraction of sp³-hybridized carbons (Fsp3) is 0.0588. The summed E-state index contributed by atoms with van der Waals surface area (Å²) in [5.41, 5.74) is 8.21. The number of halogens is 1. The van der Waals surface area contributed by atoms with Gasteiger partial charge in [0.05, 0.1) is 0 Å². The van der Waals surface area contributed by atoms with Gasteiger partial charge in [0.25, 0.3) is 0 Å². The van der Waals surface area contributed by atoms with Gasteiger partial charge in [-0.3, -0.25) is 4.98 Å². The molecule has 23 heavy (non-hydrogen) atoms. The smallest absolute Gasteiger partial charge is 0.161 e. The van der Waals surface area contributed by atoms with Crippen LogP contribution in [0.15, 0.2) is 66.4 Å². The largest absolute Gasteiger partial charge is 0.505 e. The van der Waals surface area contributed by atoms with Crippen molar-refractivity contribution >= 4 is 17.9 Å². The molecule has 0 aromatic carbocycles. The third kappa shape index (κ3) is 4.16. The number of aromatic nitrogens is 1. The number of nitrogens with zero attached hydrogens (tertiary/aromatic N) is 1. The second kappa shape index (κ2) is 7.74. The van der Waals surface area contributed by atoms with Gasteiger partial charge in [0, 0.05) is 53.9 Å². The van der Waals surface area contributed by atoms with Crippen LogP contribution in [-0.4, -0.2) is 16.3 Å². The van der Waals surface area contributed by atoms with E-state index in [1.807, 2.05) is 0 Å². The maximum absolute atomic E-state index is 13.2. The van der Waals surface area contributed by atoms with Crippen LogP contribution in [0.5, 0.6) is 0 Å². The van der Waals surface area contributed by atoms with Gasteiger partial charge in [-0.15, -0.1) is 0 Å². The fourth-order valence-corrected chi connectivity index (χ4v) is 2.02. The van der Waals surface area contributed by atoms with Crippen molar-refractivity contribution in [1.29, 1.82) is 5.41 Å². The minimum absolute atomic E-state index is 0.384. The Morgan fingerprint density at radius 1 is 1.43 bits per heavy atom. The molecular weight excluding hydrogens is 295 g/mol. The Balaban J connectivity index is 2.16. The number of pyridine rings is 1. The number of allylic oxidation sites excluding steroid dienone is 5. The summed E-state index contributed by atoms with van der Waals surface area (Å²) in [5, 5.41) is 19.8. The Hall–Kier alpha value is -3.15. The molecular formula is C17H17FN4O. The van der Waals surface area contributed by atoms with Gasteiger partial charge < -0.3 is 21.6 Å². The fourth-order valence-electron chi connectivity index (χ4n) is 2.02. The van der Waals surface area contributed by atoms with Gasteiger partial charge in [-0.2, -0.15) is 0 Å². The number of aliphatic hydroxyl groups excluding tert-OH is 1. The van der Waals surface area contributed by atoms with Gasteiger partial charge in [-0.1, -0.05) is 6.08 Å². The van der Waals surface area contributed by atoms with E-state index in [-0.39, 0.29) is 0 Å². The number of aliphatic hydroxyl groups is 1. The highest BCUT2D eigenvalue weighted by atomic mass is 19.1. The molecule has 2 rings (SSSR count). The van der Waals surface area contributed by atoms with E-state index in [9.17, 15) is 9.50 Å². The van der Waals surface area contributed by atoms with Crippen LogP contribution in [0.1, 0.15) is 17.5 Å². The summed E-state index contributed by atoms with van der Waals surface area (Å²) >= 11 is 0. The van der Waals surface area contributed by atoms with E-state index in [0.29, 0.717) is 17.7 Å². The van der Waals surface area contributed by atoms with Crippen molar-refractivity contribution in [3.8, 4) is 0 Å². The van der Waals surface area contributed by atoms with Crippen molar-refractivity contribution < 1.29 is 9.50 Å². The molecule has 118 valence electrons. The van der Waals surface area contributed by atoms with Crippen LogP contribution < -0.4 is 11.1 Å². The first-order valence-corrected chi connectivity index (χ1v) is 6.92. The lowest BCUT2D eigenvalue weighted by atomic mass is 10.0. The van der Waals surface area contributed by atoms with Crippen LogP contribution in [-0.2, 0) is 0 Å². The van der Waals surface area contributed by atoms with Crippen LogP contribution >= 0.6 is 0 Å². The molecule has 0 bridgehead atoms. The number of nitrogens with two attached hydrogens (primary N) is 1. The molecule has 0 atom stereocenters. The zero-order valence-electron chi connectivity index (χ0n) is 12.3. The molecule has 0 aliphatic heterocycles. The van der Waals surface area contributed by atoms with E-state index < -0.39 is 11.6 Å². The standard InChI is InChI=1S/C17H17FN4O/c18-16-3-1-2-14(8-17(16)23)22-7-4-12-11-21-6-5-15(12)13(9-19)10-20/h2-11,19,22-23H,1,20H2/b7-4+,13-10?,19-9?. The number of rotatable bonds is 5. The quantitative estimate of drug-likeness (QED) is 0.628. The van der Waals surface area contributed by atoms with E-state index in [1.165, 1.54) is 24.6 Å². The van der Waals surface area contributed by atoms with Crippen LogP contribution in [0.4, 0.5) is 4.39 Å². The Labute approximate surface area is 133 Å². The van der Waals surface area contributed by atoms with E-state index in [1.54, 1.807) is 36.8 Å². The second-order valence-electron chi connectivity index (χ2n) is 4.68. The monoisotopic (exact) mass is 312 g/mol. The summed E-state index contributed by atoms with van der Waals surface area (Å²) in [6.45, 7) is 0. The molecule has 0 fully saturated rings. The molecule has 6 heteroatoms. The van der Waals surface area contributed by atoms with E-state index >= 15 is 0 Å². The molecule has 0 amide bonds. The number of hydrogen-bond acceptors (Lipinski definition) is 5. The predicted octanol–water partition coefficient (Wildman–Crippen LogP) is 3.17. The molecule has 1 heterocycles. The minimum atomic E-state index is -0.639. The molecule has 0 unspecified atom stereocenters. The molecule has 1 aromatic heterocycles. The Morgan fingerprint density at radius 2 is 2.26 bits per heavy atom. The molecule has 0 saturated heterocycles. The summed E-state index contributed by atoms with van der Waals surface area (Å²) in [4.78, 5) is 4.05. The maximum Gasteiger partial charge on any atom is 0.161 e. The van der Waals surface area contributed by atoms with E-state index in [0.717, 1.165) is 11.1 Å². The highest BCUT2D eigenvalue weighted by molar-refractivity contribution is 6.09. The topological polar surface area (TPSA) is 95.0 Å². The highest BCUT2D eigenvalue weighted by Gasteiger charge is 2.06. The van der Waals surface area contributed by atoms with Gasteiger partial charge in [-0.25, -0.2) is 4.39 Å². The molecule has 0 saturated carbocycles. The van der Waals surface area contributed by atoms with Crippen molar-refractivity contribution in [1.82, 2.24) is 10.3 Å². The Bertz CT molecular complexity index is 745. The average molecular weight is 312 g/mol. The van der Waals surface area contributed by atoms with E-state index in [2.05, 4.69) is 10.3 Å². The first kappa shape index (κ1) is 16.2. The average Bonchev–Trinajstić information content (AvgIpc) is 2.71. The molecule has 5 nitrogen and oxygen atoms in total. The first-order chi connectivity index (χ1) is 11.2. The van der Waals surface area contributed by atoms with Crippen molar-refractivity contribution in [3.05, 3.63) is 77.5 Å². The van der Waals surface area contributed by atoms with E-state index in [4.69, 9.17) is 11.1 Å². The number of nitrogens with one attached hydrogen (secondary N) is 2. The lowest BCUT2D eigenvalue weighted by molar-refractivity contribution is 0.388. The summed E-state index contributed by atoms with van der Waals surface area (Å²) in [7, 11) is 0. The lowest BCUT2D eigenvalue weighted by Crippen LogP contribution is -2.03. The number of hydrogen-bond donors (Lipinski definition) is 4. The van der Waals surface area contributed by atoms with Crippen molar-refractivity contribution in [2.45, 2.75) is 6.42 Å². The van der Waals surface area contributed by atoms with Crippen LogP contribution in [0.3, 0.4) is 0 Å². The molecule has 1 aliphatic rings. The lowest BCUT2D eigenvalue weighted by Gasteiger charge is -2.06. The van der Waals surface area contributed by atoms with Crippen molar-refractivity contribution in [2.75, 3.05) is 0 Å². The predicted molar refractivity (Wildman–Crippen MR) is 90.0 cm³/mol. The van der Waals surface area contributed by atoms with Gasteiger partial charge in [0.1, 0.15) is 0 Å². The summed E-state index contributed by atoms with van der Waals surface area (Å²) in [6, 6.07) is 1.76. The Kier molecular flexibility index (Phi) is 5.46. The van der Waals surface area contributed by atoms with Crippen LogP contribution in [0.25, 0.3) is 11.6 Å². The third-order valence-corrected chi connectivity index (χ3v) is 3.18. The minimum Gasteiger partial charge on any atom is -0.505 e. The van der Waals surface area contributed by atoms with Crippen LogP contribution in [0.2, 0.25) is 0 Å². The second-order valence-corrected chi connectivity index (χ2v) is 4.68. The van der Waals surface area contributed by atoms with Gasteiger partial charge in [-0.05, 0) is 30.2 Å². The molecule has 0 spiro atoms. The van der Waals surface area contributed by atoms with Crippen molar-refractivity contribution in [2.24, 2.45) is 5.73 Å². The maximum atomic E-state index is 13.2. The van der Waals surface area contributed by atoms with Gasteiger partial charge in [0.15, 0.2) is 11.6 Å². The normalized spacial score (nSPS) is 15.5. The first-order valence-electron chi connectivity index (χ1n) is 6.92. The Morgan fingerprint density at radius 3 is 3.00 bits per heavy atom. The SMILES string of the molecule is N=CC(=CN)c1ccncc1/C=C/NC1=CCC=C(F)C(O)=C1. The zero-order valence-corrected chi connectivity index (χ0v) is 12.3. The molecule has 1 aromatic rings. The zero-order chi connectivity index (χ0) is 16.7. The summed E-state index contributed by atoms with van der Waals surface area (Å²) in [6.07, 6.45) is 14.0. The van der Waals surface area contributed by atoms with Crippen molar-refractivity contribution in [3.63, 3.8) is 0 Å². The van der Waals surface area contributed by atoms with Gasteiger partial charge in [0.2, 0.25) is 0 Å². The summed E-state index contributed by atoms with van der Waals surface area (Å²) in [5.74, 6) is -1.05. The summed E-state index contributed by atoms with van der Waals surface area (Å²) < 4.78 is 13.2. The highest BCUT2D eigenvalue weighted by Crippen LogP contribution is 2.18.